The van der Waals surface area contributed by atoms with Crippen LogP contribution in [0.1, 0.15) is 76.6 Å². The molecular weight excluding hydrogens is 532 g/mol. The molecule has 5 aliphatic rings. The van der Waals surface area contributed by atoms with Crippen molar-refractivity contribution in [2.45, 2.75) is 95.2 Å². The molecule has 2 saturated carbocycles. The molecular formula is C31H38O10. The van der Waals surface area contributed by atoms with Crippen molar-refractivity contribution in [3.63, 3.8) is 0 Å². The minimum absolute atomic E-state index is 0.00899. The molecule has 10 nitrogen and oxygen atoms in total. The van der Waals surface area contributed by atoms with E-state index >= 15 is 0 Å². The number of hydrogen-bond acceptors (Lipinski definition) is 10. The molecule has 1 aromatic carbocycles. The number of fused-ring (bicyclic) bond motifs is 4. The minimum atomic E-state index is -1.00. The van der Waals surface area contributed by atoms with Crippen molar-refractivity contribution >= 4 is 23.9 Å². The summed E-state index contributed by atoms with van der Waals surface area (Å²) in [5, 5.41) is 0. The number of epoxide rings is 1. The van der Waals surface area contributed by atoms with Crippen molar-refractivity contribution in [3.05, 3.63) is 35.9 Å². The Morgan fingerprint density at radius 2 is 1.71 bits per heavy atom. The van der Waals surface area contributed by atoms with E-state index in [0.717, 1.165) is 12.8 Å². The van der Waals surface area contributed by atoms with Crippen molar-refractivity contribution in [3.8, 4) is 0 Å². The van der Waals surface area contributed by atoms with E-state index in [-0.39, 0.29) is 44.4 Å². The Kier molecular flexibility index (Phi) is 6.54. The molecule has 0 unspecified atom stereocenters. The van der Waals surface area contributed by atoms with E-state index in [2.05, 4.69) is 6.92 Å². The van der Waals surface area contributed by atoms with Gasteiger partial charge < -0.3 is 28.4 Å². The summed E-state index contributed by atoms with van der Waals surface area (Å²) >= 11 is 0. The molecule has 2 spiro atoms. The molecule has 3 saturated heterocycles. The van der Waals surface area contributed by atoms with Gasteiger partial charge in [0.1, 0.15) is 36.6 Å². The van der Waals surface area contributed by atoms with Gasteiger partial charge in [0.15, 0.2) is 0 Å². The highest BCUT2D eigenvalue weighted by Gasteiger charge is 2.81. The van der Waals surface area contributed by atoms with Gasteiger partial charge in [-0.25, -0.2) is 4.79 Å². The van der Waals surface area contributed by atoms with Gasteiger partial charge >= 0.3 is 23.9 Å². The van der Waals surface area contributed by atoms with E-state index in [1.807, 2.05) is 13.0 Å². The number of ether oxygens (including phenoxy) is 6. The van der Waals surface area contributed by atoms with Gasteiger partial charge in [0.05, 0.1) is 29.6 Å². The Labute approximate surface area is 239 Å². The van der Waals surface area contributed by atoms with Crippen LogP contribution in [0.4, 0.5) is 0 Å². The Balaban J connectivity index is 1.50. The van der Waals surface area contributed by atoms with Gasteiger partial charge in [-0.05, 0) is 37.8 Å². The van der Waals surface area contributed by atoms with Crippen LogP contribution in [0, 0.1) is 16.7 Å². The maximum atomic E-state index is 13.6. The van der Waals surface area contributed by atoms with Crippen LogP contribution >= 0.6 is 0 Å². The molecule has 6 rings (SSSR count). The minimum Gasteiger partial charge on any atom is -0.465 e. The predicted molar refractivity (Wildman–Crippen MR) is 141 cm³/mol. The van der Waals surface area contributed by atoms with E-state index in [1.54, 1.807) is 24.3 Å². The van der Waals surface area contributed by atoms with Crippen molar-refractivity contribution in [1.29, 1.82) is 0 Å². The van der Waals surface area contributed by atoms with E-state index in [1.165, 1.54) is 13.8 Å². The number of cyclic esters (lactones) is 1. The van der Waals surface area contributed by atoms with Crippen LogP contribution in [0.3, 0.4) is 0 Å². The summed E-state index contributed by atoms with van der Waals surface area (Å²) in [5.41, 5.74) is -3.95. The largest absolute Gasteiger partial charge is 0.465 e. The van der Waals surface area contributed by atoms with Crippen LogP contribution in [0.25, 0.3) is 0 Å². The molecule has 3 heterocycles. The summed E-state index contributed by atoms with van der Waals surface area (Å²) in [7, 11) is 0. The summed E-state index contributed by atoms with van der Waals surface area (Å²) in [6.45, 7) is 7.26. The molecule has 0 aromatic heterocycles. The van der Waals surface area contributed by atoms with Crippen LogP contribution in [0.5, 0.6) is 0 Å². The lowest BCUT2D eigenvalue weighted by atomic mass is 9.40. The van der Waals surface area contributed by atoms with Crippen LogP contribution in [-0.4, -0.2) is 72.7 Å². The molecule has 8 atom stereocenters. The summed E-state index contributed by atoms with van der Waals surface area (Å²) in [4.78, 5) is 50.7. The molecule has 3 aliphatic heterocycles. The van der Waals surface area contributed by atoms with E-state index in [9.17, 15) is 19.2 Å². The lowest BCUT2D eigenvalue weighted by molar-refractivity contribution is -0.349. The van der Waals surface area contributed by atoms with Gasteiger partial charge in [0.2, 0.25) is 0 Å². The van der Waals surface area contributed by atoms with Crippen LogP contribution in [0.15, 0.2) is 30.3 Å². The average molecular weight is 571 g/mol. The maximum Gasteiger partial charge on any atom is 0.338 e. The van der Waals surface area contributed by atoms with Gasteiger partial charge in [-0.2, -0.15) is 0 Å². The summed E-state index contributed by atoms with van der Waals surface area (Å²) in [6, 6.07) is 8.76. The quantitative estimate of drug-likeness (QED) is 0.295. The zero-order valence-electron chi connectivity index (χ0n) is 24.1. The number of carbonyl (C=O) groups is 4. The Morgan fingerprint density at radius 3 is 2.32 bits per heavy atom. The van der Waals surface area contributed by atoms with E-state index in [4.69, 9.17) is 28.4 Å². The third kappa shape index (κ3) is 4.20. The third-order valence-electron chi connectivity index (χ3n) is 10.8. The maximum absolute atomic E-state index is 13.6. The highest BCUT2D eigenvalue weighted by molar-refractivity contribution is 5.89. The zero-order valence-corrected chi connectivity index (χ0v) is 24.1. The first-order chi connectivity index (χ1) is 19.4. The average Bonchev–Trinajstić information content (AvgIpc) is 3.60. The fourth-order valence-electron chi connectivity index (χ4n) is 8.77. The van der Waals surface area contributed by atoms with E-state index < -0.39 is 57.7 Å². The molecule has 0 bridgehead atoms. The third-order valence-corrected chi connectivity index (χ3v) is 10.8. The summed E-state index contributed by atoms with van der Waals surface area (Å²) < 4.78 is 36.9. The van der Waals surface area contributed by atoms with Gasteiger partial charge in [0, 0.05) is 32.1 Å². The van der Waals surface area contributed by atoms with Crippen molar-refractivity contribution in [2.75, 3.05) is 19.8 Å². The number of benzene rings is 1. The number of esters is 4. The molecule has 10 heteroatoms. The Bertz CT molecular complexity index is 1260. The molecule has 222 valence electrons. The Hall–Kier alpha value is -2.98. The second-order valence-corrected chi connectivity index (χ2v) is 13.0. The smallest absolute Gasteiger partial charge is 0.338 e. The molecule has 5 fully saturated rings. The predicted octanol–water partition coefficient (Wildman–Crippen LogP) is 3.54. The molecule has 2 aliphatic carbocycles. The SMILES string of the molecule is CC(=O)OC[C@@]12[C@@H](OC(=O)c3ccccc3)C[C@]3(C)O[C@@]4(COC(=O)C4)C[C@H](OC(C)=O)[C@]3(C)[C@H]1CCC[C@]21CO1. The van der Waals surface area contributed by atoms with Crippen LogP contribution < -0.4 is 0 Å². The van der Waals surface area contributed by atoms with Crippen molar-refractivity contribution < 1.29 is 47.6 Å². The van der Waals surface area contributed by atoms with Crippen LogP contribution in [0.2, 0.25) is 0 Å². The van der Waals surface area contributed by atoms with E-state index in [0.29, 0.717) is 18.6 Å². The van der Waals surface area contributed by atoms with Gasteiger partial charge in [-0.15, -0.1) is 0 Å². The fraction of sp³-hybridized carbons (Fsp3) is 0.677. The van der Waals surface area contributed by atoms with Gasteiger partial charge in [-0.3, -0.25) is 14.4 Å². The molecule has 0 amide bonds. The molecule has 0 radical (unpaired) electrons. The first-order valence-electron chi connectivity index (χ1n) is 14.5. The molecule has 1 aromatic rings. The second-order valence-electron chi connectivity index (χ2n) is 13.0. The van der Waals surface area contributed by atoms with Gasteiger partial charge in [-0.1, -0.05) is 31.5 Å². The normalized spacial score (nSPS) is 42.5. The monoisotopic (exact) mass is 570 g/mol. The Morgan fingerprint density at radius 1 is 0.976 bits per heavy atom. The fourth-order valence-corrected chi connectivity index (χ4v) is 8.77. The molecule has 0 N–H and O–H groups in total. The highest BCUT2D eigenvalue weighted by atomic mass is 16.6. The second kappa shape index (κ2) is 9.52. The van der Waals surface area contributed by atoms with Crippen LogP contribution in [-0.2, 0) is 42.8 Å². The number of hydrogen-bond donors (Lipinski definition) is 0. The summed E-state index contributed by atoms with van der Waals surface area (Å²) in [6.07, 6.45) is 1.41. The number of carbonyl (C=O) groups excluding carboxylic acids is 4. The summed E-state index contributed by atoms with van der Waals surface area (Å²) in [5.74, 6) is -2.02. The highest BCUT2D eigenvalue weighted by Crippen LogP contribution is 2.72. The number of rotatable bonds is 5. The standard InChI is InChI=1S/C31H38O10/c1-19(32)36-18-31-22(11-8-12-30(31)17-38-30)28(4)23(39-20(2)33)14-29(15-25(34)37-16-29)41-27(28,3)13-24(31)40-26(35)21-9-6-5-7-10-21/h5-7,9-10,22-24H,8,11-18H2,1-4H3/t22-,23+,24+,27+,28+,29+,30+,31+/m1/s1. The van der Waals surface area contributed by atoms with Crippen molar-refractivity contribution in [2.24, 2.45) is 16.7 Å². The lowest BCUT2D eigenvalue weighted by Gasteiger charge is -2.70. The first kappa shape index (κ1) is 28.2. The topological polar surface area (TPSA) is 127 Å². The molecule has 41 heavy (non-hydrogen) atoms. The first-order valence-corrected chi connectivity index (χ1v) is 14.5. The van der Waals surface area contributed by atoms with Crippen molar-refractivity contribution in [1.82, 2.24) is 0 Å². The van der Waals surface area contributed by atoms with Gasteiger partial charge in [0.25, 0.3) is 0 Å². The zero-order chi connectivity index (χ0) is 29.3. The lowest BCUT2D eigenvalue weighted by Crippen LogP contribution is -2.78.